The van der Waals surface area contributed by atoms with E-state index in [1.165, 1.54) is 0 Å². The van der Waals surface area contributed by atoms with Crippen molar-refractivity contribution >= 4 is 11.8 Å². The fourth-order valence-electron chi connectivity index (χ4n) is 3.79. The number of hydrogen-bond donors (Lipinski definition) is 0. The third kappa shape index (κ3) is 4.78. The number of hydrogen-bond acceptors (Lipinski definition) is 5. The minimum Gasteiger partial charge on any atom is -0.339 e. The van der Waals surface area contributed by atoms with Gasteiger partial charge in [0, 0.05) is 37.7 Å². The van der Waals surface area contributed by atoms with Gasteiger partial charge in [0.25, 0.3) is 5.91 Å². The van der Waals surface area contributed by atoms with Crippen molar-refractivity contribution in [2.75, 3.05) is 19.6 Å². The number of nitrogens with zero attached hydrogens (tertiary/aromatic N) is 5. The van der Waals surface area contributed by atoms with Crippen LogP contribution in [0.3, 0.4) is 0 Å². The summed E-state index contributed by atoms with van der Waals surface area (Å²) in [6, 6.07) is 5.44. The lowest BCUT2D eigenvalue weighted by Gasteiger charge is -2.35. The monoisotopic (exact) mass is 395 g/mol. The van der Waals surface area contributed by atoms with E-state index < -0.39 is 0 Å². The average molecular weight is 396 g/mol. The number of piperidine rings is 1. The molecule has 0 N–H and O–H groups in total. The van der Waals surface area contributed by atoms with E-state index in [9.17, 15) is 9.59 Å². The molecule has 0 unspecified atom stereocenters. The van der Waals surface area contributed by atoms with Gasteiger partial charge < -0.3 is 9.80 Å². The van der Waals surface area contributed by atoms with Gasteiger partial charge in [0.1, 0.15) is 0 Å². The van der Waals surface area contributed by atoms with Crippen molar-refractivity contribution in [3.63, 3.8) is 0 Å². The quantitative estimate of drug-likeness (QED) is 0.751. The van der Waals surface area contributed by atoms with E-state index in [4.69, 9.17) is 0 Å². The first-order chi connectivity index (χ1) is 14.0. The molecule has 3 heterocycles. The van der Waals surface area contributed by atoms with Crippen LogP contribution in [0, 0.1) is 6.92 Å². The Morgan fingerprint density at radius 2 is 1.97 bits per heavy atom. The normalized spacial score (nSPS) is 16.5. The van der Waals surface area contributed by atoms with Crippen LogP contribution < -0.4 is 0 Å². The molecule has 0 aromatic carbocycles. The number of likely N-dealkylation sites (tertiary alicyclic amines) is 1. The van der Waals surface area contributed by atoms with Crippen molar-refractivity contribution in [3.05, 3.63) is 53.4 Å². The van der Waals surface area contributed by atoms with Crippen molar-refractivity contribution in [1.29, 1.82) is 0 Å². The summed E-state index contributed by atoms with van der Waals surface area (Å²) in [5.74, 6) is 0.608. The Balaban J connectivity index is 1.81. The van der Waals surface area contributed by atoms with Gasteiger partial charge in [0.2, 0.25) is 5.91 Å². The maximum atomic E-state index is 12.9. The molecule has 0 saturated carbocycles. The fraction of sp³-hybridized carbons (Fsp3) is 0.500. The predicted molar refractivity (Wildman–Crippen MR) is 110 cm³/mol. The van der Waals surface area contributed by atoms with Crippen molar-refractivity contribution in [3.8, 4) is 0 Å². The molecule has 1 aliphatic rings. The zero-order chi connectivity index (χ0) is 20.8. The van der Waals surface area contributed by atoms with Gasteiger partial charge in [0.05, 0.1) is 23.7 Å². The SMILES string of the molecule is CCN(CC)C(=O)c1cnc([C@H]2CCCCN2C(=O)Cc2ccccn2)nc1C. The Bertz CT molecular complexity index is 852. The Labute approximate surface area is 172 Å². The molecule has 7 heteroatoms. The van der Waals surface area contributed by atoms with Gasteiger partial charge >= 0.3 is 0 Å². The van der Waals surface area contributed by atoms with Crippen LogP contribution in [0.5, 0.6) is 0 Å². The topological polar surface area (TPSA) is 79.3 Å². The summed E-state index contributed by atoms with van der Waals surface area (Å²) in [6.45, 7) is 7.74. The Morgan fingerprint density at radius 3 is 2.62 bits per heavy atom. The van der Waals surface area contributed by atoms with Gasteiger partial charge in [-0.3, -0.25) is 14.6 Å². The molecule has 29 heavy (non-hydrogen) atoms. The van der Waals surface area contributed by atoms with Gasteiger partial charge in [0.15, 0.2) is 5.82 Å². The third-order valence-corrected chi connectivity index (χ3v) is 5.46. The lowest BCUT2D eigenvalue weighted by atomic mass is 10.00. The highest BCUT2D eigenvalue weighted by Crippen LogP contribution is 2.29. The highest BCUT2D eigenvalue weighted by atomic mass is 16.2. The second kappa shape index (κ2) is 9.58. The predicted octanol–water partition coefficient (Wildman–Crippen LogP) is 2.96. The molecule has 2 aromatic heterocycles. The van der Waals surface area contributed by atoms with E-state index in [0.29, 0.717) is 36.7 Å². The Hall–Kier alpha value is -2.83. The number of aromatic nitrogens is 3. The van der Waals surface area contributed by atoms with Crippen LogP contribution in [0.1, 0.15) is 66.7 Å². The average Bonchev–Trinajstić information content (AvgIpc) is 2.75. The lowest BCUT2D eigenvalue weighted by Crippen LogP contribution is -2.40. The number of rotatable bonds is 6. The summed E-state index contributed by atoms with van der Waals surface area (Å²) >= 11 is 0. The van der Waals surface area contributed by atoms with Crippen molar-refractivity contribution < 1.29 is 9.59 Å². The van der Waals surface area contributed by atoms with E-state index in [0.717, 1.165) is 25.0 Å². The van der Waals surface area contributed by atoms with Crippen LogP contribution in [0.25, 0.3) is 0 Å². The molecule has 2 amide bonds. The minimum atomic E-state index is -0.156. The molecule has 154 valence electrons. The fourth-order valence-corrected chi connectivity index (χ4v) is 3.79. The van der Waals surface area contributed by atoms with E-state index in [1.54, 1.807) is 17.3 Å². The third-order valence-electron chi connectivity index (χ3n) is 5.46. The zero-order valence-corrected chi connectivity index (χ0v) is 17.5. The second-order valence-electron chi connectivity index (χ2n) is 7.30. The number of pyridine rings is 1. The molecule has 1 saturated heterocycles. The molecule has 2 aromatic rings. The molecule has 1 atom stereocenters. The van der Waals surface area contributed by atoms with Gasteiger partial charge in [-0.25, -0.2) is 9.97 Å². The van der Waals surface area contributed by atoms with Gasteiger partial charge in [-0.2, -0.15) is 0 Å². The van der Waals surface area contributed by atoms with Crippen LogP contribution >= 0.6 is 0 Å². The van der Waals surface area contributed by atoms with Crippen LogP contribution in [0.2, 0.25) is 0 Å². The second-order valence-corrected chi connectivity index (χ2v) is 7.30. The zero-order valence-electron chi connectivity index (χ0n) is 17.5. The maximum Gasteiger partial charge on any atom is 0.257 e. The van der Waals surface area contributed by atoms with Gasteiger partial charge in [-0.05, 0) is 52.2 Å². The van der Waals surface area contributed by atoms with Gasteiger partial charge in [-0.15, -0.1) is 0 Å². The molecule has 1 fully saturated rings. The number of carbonyl (C=O) groups is 2. The molecule has 0 aliphatic carbocycles. The number of carbonyl (C=O) groups excluding carboxylic acids is 2. The molecule has 7 nitrogen and oxygen atoms in total. The molecule has 3 rings (SSSR count). The van der Waals surface area contributed by atoms with Crippen LogP contribution in [-0.4, -0.2) is 56.2 Å². The molecule has 0 spiro atoms. The van der Waals surface area contributed by atoms with Crippen molar-refractivity contribution in [2.24, 2.45) is 0 Å². The summed E-state index contributed by atoms with van der Waals surface area (Å²) < 4.78 is 0. The first-order valence-electron chi connectivity index (χ1n) is 10.4. The lowest BCUT2D eigenvalue weighted by molar-refractivity contribution is -0.134. The largest absolute Gasteiger partial charge is 0.339 e. The van der Waals surface area contributed by atoms with Crippen LogP contribution in [-0.2, 0) is 11.2 Å². The number of amides is 2. The van der Waals surface area contributed by atoms with Crippen molar-refractivity contribution in [2.45, 2.75) is 52.5 Å². The number of aryl methyl sites for hydroxylation is 1. The first-order valence-corrected chi connectivity index (χ1v) is 10.4. The van der Waals surface area contributed by atoms with E-state index in [-0.39, 0.29) is 24.3 Å². The highest BCUT2D eigenvalue weighted by molar-refractivity contribution is 5.94. The molecule has 0 bridgehead atoms. The molecule has 1 aliphatic heterocycles. The summed E-state index contributed by atoms with van der Waals surface area (Å²) in [5, 5.41) is 0. The smallest absolute Gasteiger partial charge is 0.257 e. The standard InChI is InChI=1S/C22H29N5O2/c1-4-26(5-2)22(29)18-15-24-21(25-16(18)3)19-11-7-9-13-27(19)20(28)14-17-10-6-8-12-23-17/h6,8,10,12,15,19H,4-5,7,9,11,13-14H2,1-3H3/t19-/m1/s1. The maximum absolute atomic E-state index is 12.9. The summed E-state index contributed by atoms with van der Waals surface area (Å²) in [6.07, 6.45) is 6.43. The van der Waals surface area contributed by atoms with E-state index >= 15 is 0 Å². The van der Waals surface area contributed by atoms with Crippen molar-refractivity contribution in [1.82, 2.24) is 24.8 Å². The summed E-state index contributed by atoms with van der Waals surface area (Å²) in [5.41, 5.74) is 1.95. The molecule has 0 radical (unpaired) electrons. The van der Waals surface area contributed by atoms with E-state index in [2.05, 4.69) is 15.0 Å². The van der Waals surface area contributed by atoms with Gasteiger partial charge in [-0.1, -0.05) is 6.07 Å². The summed E-state index contributed by atoms with van der Waals surface area (Å²) in [4.78, 5) is 42.7. The minimum absolute atomic E-state index is 0.0398. The first kappa shape index (κ1) is 20.9. The highest BCUT2D eigenvalue weighted by Gasteiger charge is 2.30. The van der Waals surface area contributed by atoms with E-state index in [1.807, 2.05) is 43.9 Å². The molecular formula is C22H29N5O2. The summed E-state index contributed by atoms with van der Waals surface area (Å²) in [7, 11) is 0. The van der Waals surface area contributed by atoms with Crippen LogP contribution in [0.4, 0.5) is 0 Å². The molecular weight excluding hydrogens is 366 g/mol. The Kier molecular flexibility index (Phi) is 6.90. The van der Waals surface area contributed by atoms with Crippen LogP contribution in [0.15, 0.2) is 30.6 Å². The Morgan fingerprint density at radius 1 is 1.17 bits per heavy atom.